The number of alkyl halides is 9. The third-order valence-corrected chi connectivity index (χ3v) is 12.3. The van der Waals surface area contributed by atoms with Crippen LogP contribution in [-0.2, 0) is 44.6 Å². The van der Waals surface area contributed by atoms with Gasteiger partial charge < -0.3 is 14.7 Å². The summed E-state index contributed by atoms with van der Waals surface area (Å²) in [6, 6.07) is 0. The molecule has 0 aromatic heterocycles. The van der Waals surface area contributed by atoms with Crippen molar-refractivity contribution in [1.29, 1.82) is 0 Å². The maximum atomic E-state index is 12.1. The van der Waals surface area contributed by atoms with E-state index < -0.39 is 50.0 Å². The molecule has 250 valence electrons. The molecule has 24 heteroatoms. The van der Waals surface area contributed by atoms with Gasteiger partial charge in [0.1, 0.15) is 0 Å². The fraction of sp³-hybridized carbons (Fsp3) is 1.00. The van der Waals surface area contributed by atoms with E-state index >= 15 is 0 Å². The Morgan fingerprint density at radius 2 is 0.675 bits per heavy atom. The standard InChI is InChI=1S/C12H30N4.C4HF9O6S3.ClH.Cu/c1-13(2)7-10-16(11-8-14(3)4)12-9-15(5)6;5-2(6,7)20(14,15)1(21(16,17)3(8,9)10)22(18,19)4(11,12)13;;/h7-12H2,1-6H3;1H;1H;/q;;;+1/p-1. The summed E-state index contributed by atoms with van der Waals surface area (Å²) in [6.45, 7) is 6.90. The van der Waals surface area contributed by atoms with E-state index in [4.69, 9.17) is 0 Å². The third kappa shape index (κ3) is 14.4. The van der Waals surface area contributed by atoms with Crippen LogP contribution in [0.2, 0.25) is 0 Å². The van der Waals surface area contributed by atoms with Gasteiger partial charge in [-0.05, 0) is 42.3 Å². The Kier molecular flexibility index (Phi) is 19.1. The fourth-order valence-corrected chi connectivity index (χ4v) is 8.81. The number of hydrogen-bond acceptors (Lipinski definition) is 10. The van der Waals surface area contributed by atoms with Gasteiger partial charge in [0, 0.05) is 39.3 Å². The molecule has 0 aliphatic carbocycles. The molecule has 0 spiro atoms. The third-order valence-electron chi connectivity index (χ3n) is 4.32. The van der Waals surface area contributed by atoms with Crippen LogP contribution in [0.5, 0.6) is 0 Å². The second kappa shape index (κ2) is 17.2. The monoisotopic (exact) mass is 740 g/mol. The summed E-state index contributed by atoms with van der Waals surface area (Å²) in [7, 11) is -6.80. The Hall–Kier alpha value is -0.131. The molecule has 0 aliphatic rings. The average molecular weight is 742 g/mol. The van der Waals surface area contributed by atoms with Crippen LogP contribution < -0.4 is 0 Å². The fourth-order valence-electron chi connectivity index (χ4n) is 2.19. The molecule has 0 fully saturated rings. The van der Waals surface area contributed by atoms with Crippen LogP contribution in [0.1, 0.15) is 0 Å². The van der Waals surface area contributed by atoms with E-state index in [0.717, 1.165) is 39.3 Å². The Bertz CT molecular complexity index is 920. The zero-order valence-electron chi connectivity index (χ0n) is 21.9. The van der Waals surface area contributed by atoms with Crippen LogP contribution in [-0.4, -0.2) is 147 Å². The molecule has 0 saturated carbocycles. The van der Waals surface area contributed by atoms with Crippen molar-refractivity contribution in [2.24, 2.45) is 0 Å². The van der Waals surface area contributed by atoms with Crippen LogP contribution in [0.15, 0.2) is 0 Å². The van der Waals surface area contributed by atoms with Crippen molar-refractivity contribution < 1.29 is 79.9 Å². The zero-order valence-corrected chi connectivity index (χ0v) is 26.0. The van der Waals surface area contributed by atoms with Crippen molar-refractivity contribution in [1.82, 2.24) is 19.6 Å². The molecule has 0 amide bonds. The van der Waals surface area contributed by atoms with Gasteiger partial charge in [0.2, 0.25) is 0 Å². The molecule has 0 radical (unpaired) electrons. The predicted molar refractivity (Wildman–Crippen MR) is 127 cm³/mol. The minimum absolute atomic E-state index is 1.14. The van der Waals surface area contributed by atoms with E-state index in [1.165, 1.54) is 0 Å². The summed E-state index contributed by atoms with van der Waals surface area (Å²) >= 11 is 3.66. The maximum absolute atomic E-state index is 12.1. The van der Waals surface area contributed by atoms with Gasteiger partial charge in [-0.3, -0.25) is 4.90 Å². The second-order valence-corrected chi connectivity index (χ2v) is 15.5. The summed E-state index contributed by atoms with van der Waals surface area (Å²) in [6.07, 6.45) is 0. The van der Waals surface area contributed by atoms with E-state index in [2.05, 4.69) is 87.1 Å². The summed E-state index contributed by atoms with van der Waals surface area (Å²) in [4.78, 5) is 9.29. The summed E-state index contributed by atoms with van der Waals surface area (Å²) in [5.74, 6) is 0. The first-order valence-corrected chi connectivity index (χ1v) is 16.1. The number of likely N-dealkylation sites (N-methyl/N-ethyl adjacent to an activating group) is 3. The SMILES string of the molecule is CN(C)CCN(CCN(C)C)CCN(C)C.O=S(=O)(C(S(=O)(=O)C(F)(F)F)S(=O)(=O)C(F)(F)F)C(F)(F)F.[Cl][Cu]. The molecule has 10 nitrogen and oxygen atoms in total. The first kappa shape index (κ1) is 44.3. The average Bonchev–Trinajstić information content (AvgIpc) is 2.71. The molecular weight excluding hydrogens is 710 g/mol. The molecular formula is C16H31ClCuF9N4O6S3. The Balaban J connectivity index is -0.000000673. The second-order valence-electron chi connectivity index (χ2n) is 8.51. The molecule has 0 aromatic rings. The Morgan fingerprint density at radius 3 is 0.800 bits per heavy atom. The van der Waals surface area contributed by atoms with E-state index in [-0.39, 0.29) is 0 Å². The van der Waals surface area contributed by atoms with Crippen molar-refractivity contribution in [2.75, 3.05) is 81.6 Å². The van der Waals surface area contributed by atoms with Crippen LogP contribution >= 0.6 is 10.1 Å². The van der Waals surface area contributed by atoms with E-state index in [1.807, 2.05) is 0 Å². The van der Waals surface area contributed by atoms with Gasteiger partial charge >= 0.3 is 41.7 Å². The van der Waals surface area contributed by atoms with Crippen LogP contribution in [0.4, 0.5) is 39.5 Å². The molecule has 0 heterocycles. The van der Waals surface area contributed by atoms with Crippen molar-refractivity contribution in [3.8, 4) is 0 Å². The topological polar surface area (TPSA) is 115 Å². The number of sulfone groups is 3. The molecule has 0 aromatic carbocycles. The van der Waals surface area contributed by atoms with Crippen LogP contribution in [0.25, 0.3) is 0 Å². The Morgan fingerprint density at radius 1 is 0.500 bits per heavy atom. The van der Waals surface area contributed by atoms with E-state index in [9.17, 15) is 64.8 Å². The van der Waals surface area contributed by atoms with Gasteiger partial charge in [0.15, 0.2) is 0 Å². The van der Waals surface area contributed by atoms with Crippen LogP contribution in [0, 0.1) is 0 Å². The van der Waals surface area contributed by atoms with Crippen molar-refractivity contribution >= 4 is 39.6 Å². The van der Waals surface area contributed by atoms with Gasteiger partial charge in [-0.25, -0.2) is 25.3 Å². The van der Waals surface area contributed by atoms with Gasteiger partial charge in [0.05, 0.1) is 0 Å². The molecule has 0 unspecified atom stereocenters. The summed E-state index contributed by atoms with van der Waals surface area (Å²) in [5, 5.41) is 0. The Labute approximate surface area is 240 Å². The van der Waals surface area contributed by atoms with Crippen molar-refractivity contribution in [3.63, 3.8) is 0 Å². The number of nitrogens with zero attached hydrogens (tertiary/aromatic N) is 4. The van der Waals surface area contributed by atoms with Crippen molar-refractivity contribution in [3.05, 3.63) is 0 Å². The molecule has 0 N–H and O–H groups in total. The van der Waals surface area contributed by atoms with Gasteiger partial charge in [-0.15, -0.1) is 0 Å². The van der Waals surface area contributed by atoms with E-state index in [0.29, 0.717) is 0 Å². The summed E-state index contributed by atoms with van der Waals surface area (Å²) < 4.78 is 167. The predicted octanol–water partition coefficient (Wildman–Crippen LogP) is 1.73. The number of hydrogen-bond donors (Lipinski definition) is 0. The van der Waals surface area contributed by atoms with Gasteiger partial charge in [-0.1, -0.05) is 0 Å². The van der Waals surface area contributed by atoms with Crippen LogP contribution in [0.3, 0.4) is 0 Å². The molecule has 0 rings (SSSR count). The quantitative estimate of drug-likeness (QED) is 0.217. The minimum atomic E-state index is -7.94. The number of halogens is 10. The molecule has 0 saturated heterocycles. The van der Waals surface area contributed by atoms with Gasteiger partial charge in [-0.2, -0.15) is 39.5 Å². The van der Waals surface area contributed by atoms with Crippen molar-refractivity contribution in [2.45, 2.75) is 20.4 Å². The molecule has 0 bridgehead atoms. The molecule has 0 aliphatic heterocycles. The summed E-state index contributed by atoms with van der Waals surface area (Å²) in [5.41, 5.74) is -21.1. The first-order chi connectivity index (χ1) is 17.5. The van der Waals surface area contributed by atoms with Gasteiger partial charge in [0.25, 0.3) is 33.4 Å². The van der Waals surface area contributed by atoms with E-state index in [1.54, 1.807) is 0 Å². The number of rotatable bonds is 12. The first-order valence-electron chi connectivity index (χ1n) is 10.2. The normalized spacial score (nSPS) is 14.0. The molecule has 40 heavy (non-hydrogen) atoms. The molecule has 0 atom stereocenters. The zero-order chi connectivity index (χ0) is 33.1.